The smallest absolute Gasteiger partial charge is 0.162 e. The van der Waals surface area contributed by atoms with E-state index in [1.807, 2.05) is 12.1 Å². The highest BCUT2D eigenvalue weighted by Crippen LogP contribution is 2.37. The summed E-state index contributed by atoms with van der Waals surface area (Å²) in [7, 11) is 4.62. The maximum atomic E-state index is 10.1. The first kappa shape index (κ1) is 16.1. The minimum atomic E-state index is 0.109. The van der Waals surface area contributed by atoms with E-state index in [0.717, 1.165) is 0 Å². The van der Waals surface area contributed by atoms with Crippen LogP contribution in [0, 0.1) is 0 Å². The van der Waals surface area contributed by atoms with Gasteiger partial charge in [-0.2, -0.15) is 0 Å². The lowest BCUT2D eigenvalue weighted by Gasteiger charge is -2.15. The van der Waals surface area contributed by atoms with Crippen molar-refractivity contribution in [1.29, 1.82) is 0 Å². The number of ether oxygens (including phenoxy) is 3. The molecule has 0 amide bonds. The van der Waals surface area contributed by atoms with Crippen molar-refractivity contribution in [3.8, 4) is 23.0 Å². The van der Waals surface area contributed by atoms with E-state index >= 15 is 0 Å². The van der Waals surface area contributed by atoms with Crippen LogP contribution >= 0.6 is 11.6 Å². The Hall–Kier alpha value is -2.27. The summed E-state index contributed by atoms with van der Waals surface area (Å²) in [5.74, 6) is 1.67. The number of phenols is 1. The normalized spacial score (nSPS) is 10.2. The average Bonchev–Trinajstić information content (AvgIpc) is 2.54. The molecule has 2 aromatic carbocycles. The van der Waals surface area contributed by atoms with Crippen LogP contribution in [-0.2, 0) is 6.54 Å². The molecule has 0 aromatic heterocycles. The fourth-order valence-electron chi connectivity index (χ4n) is 2.06. The van der Waals surface area contributed by atoms with Crippen LogP contribution in [0.25, 0.3) is 0 Å². The molecule has 0 unspecified atom stereocenters. The molecule has 118 valence electrons. The van der Waals surface area contributed by atoms with E-state index in [1.165, 1.54) is 7.11 Å². The largest absolute Gasteiger partial charge is 0.504 e. The third kappa shape index (κ3) is 3.31. The third-order valence-electron chi connectivity index (χ3n) is 3.25. The number of halogens is 1. The van der Waals surface area contributed by atoms with Gasteiger partial charge in [-0.1, -0.05) is 23.7 Å². The minimum Gasteiger partial charge on any atom is -0.504 e. The van der Waals surface area contributed by atoms with E-state index in [4.69, 9.17) is 25.8 Å². The zero-order valence-corrected chi connectivity index (χ0v) is 13.4. The second-order valence-electron chi connectivity index (χ2n) is 4.51. The Kier molecular flexibility index (Phi) is 5.22. The standard InChI is InChI=1S/C16H18ClNO4/c1-20-13-6-4-5-10(16(13)19)9-18-12-8-14(21-2)11(17)7-15(12)22-3/h4-8,18-19H,9H2,1-3H3. The first-order valence-corrected chi connectivity index (χ1v) is 6.98. The molecule has 0 atom stereocenters. The van der Waals surface area contributed by atoms with Crippen LogP contribution in [0.5, 0.6) is 23.0 Å². The lowest BCUT2D eigenvalue weighted by molar-refractivity contribution is 0.371. The summed E-state index contributed by atoms with van der Waals surface area (Å²) in [5.41, 5.74) is 1.42. The predicted octanol–water partition coefficient (Wildman–Crippen LogP) is 3.68. The highest BCUT2D eigenvalue weighted by molar-refractivity contribution is 6.32. The van der Waals surface area contributed by atoms with E-state index in [2.05, 4.69) is 5.32 Å². The lowest BCUT2D eigenvalue weighted by atomic mass is 10.1. The molecule has 0 saturated heterocycles. The Morgan fingerprint density at radius 3 is 2.32 bits per heavy atom. The highest BCUT2D eigenvalue weighted by Gasteiger charge is 2.12. The van der Waals surface area contributed by atoms with Crippen LogP contribution in [0.3, 0.4) is 0 Å². The number of rotatable bonds is 6. The fraction of sp³-hybridized carbons (Fsp3) is 0.250. The van der Waals surface area contributed by atoms with Crippen molar-refractivity contribution in [2.24, 2.45) is 0 Å². The Balaban J connectivity index is 2.24. The molecule has 0 aliphatic rings. The van der Waals surface area contributed by atoms with Gasteiger partial charge in [0.2, 0.25) is 0 Å². The second-order valence-corrected chi connectivity index (χ2v) is 4.92. The number of hydrogen-bond donors (Lipinski definition) is 2. The van der Waals surface area contributed by atoms with Crippen LogP contribution in [0.4, 0.5) is 5.69 Å². The number of phenolic OH excluding ortho intramolecular Hbond substituents is 1. The number of hydrogen-bond acceptors (Lipinski definition) is 5. The SMILES string of the molecule is COc1cc(NCc2cccc(OC)c2O)c(OC)cc1Cl. The topological polar surface area (TPSA) is 60.0 Å². The molecule has 5 nitrogen and oxygen atoms in total. The zero-order valence-electron chi connectivity index (χ0n) is 12.6. The van der Waals surface area contributed by atoms with Gasteiger partial charge in [0.15, 0.2) is 11.5 Å². The van der Waals surface area contributed by atoms with Crippen LogP contribution in [0.2, 0.25) is 5.02 Å². The summed E-state index contributed by atoms with van der Waals surface area (Å²) < 4.78 is 15.6. The van der Waals surface area contributed by atoms with Gasteiger partial charge in [0.05, 0.1) is 32.0 Å². The molecule has 2 aromatic rings. The molecule has 0 aliphatic heterocycles. The summed E-state index contributed by atoms with van der Waals surface area (Å²) >= 11 is 6.07. The molecule has 0 saturated carbocycles. The number of nitrogens with one attached hydrogen (secondary N) is 1. The van der Waals surface area contributed by atoms with E-state index in [1.54, 1.807) is 32.4 Å². The second kappa shape index (κ2) is 7.13. The van der Waals surface area contributed by atoms with Gasteiger partial charge in [0, 0.05) is 24.2 Å². The monoisotopic (exact) mass is 323 g/mol. The molecule has 0 aliphatic carbocycles. The molecule has 0 heterocycles. The van der Waals surface area contributed by atoms with Gasteiger partial charge in [-0.15, -0.1) is 0 Å². The Labute approximate surface area is 134 Å². The van der Waals surface area contributed by atoms with Crippen molar-refractivity contribution in [1.82, 2.24) is 0 Å². The Morgan fingerprint density at radius 2 is 1.68 bits per heavy atom. The van der Waals surface area contributed by atoms with Gasteiger partial charge in [-0.05, 0) is 6.07 Å². The third-order valence-corrected chi connectivity index (χ3v) is 3.54. The first-order valence-electron chi connectivity index (χ1n) is 6.61. The van der Waals surface area contributed by atoms with Crippen molar-refractivity contribution >= 4 is 17.3 Å². The molecule has 6 heteroatoms. The molecule has 22 heavy (non-hydrogen) atoms. The lowest BCUT2D eigenvalue weighted by Crippen LogP contribution is -2.03. The van der Waals surface area contributed by atoms with E-state index < -0.39 is 0 Å². The Morgan fingerprint density at radius 1 is 1.00 bits per heavy atom. The summed E-state index contributed by atoms with van der Waals surface area (Å²) in [6.45, 7) is 0.393. The van der Waals surface area contributed by atoms with E-state index in [9.17, 15) is 5.11 Å². The number of anilines is 1. The van der Waals surface area contributed by atoms with Crippen LogP contribution in [0.15, 0.2) is 30.3 Å². The number of aromatic hydroxyl groups is 1. The molecular formula is C16H18ClNO4. The van der Waals surface area contributed by atoms with Crippen LogP contribution < -0.4 is 19.5 Å². The van der Waals surface area contributed by atoms with Gasteiger partial charge in [0.25, 0.3) is 0 Å². The molecular weight excluding hydrogens is 306 g/mol. The van der Waals surface area contributed by atoms with Gasteiger partial charge in [-0.3, -0.25) is 0 Å². The molecule has 0 spiro atoms. The summed E-state index contributed by atoms with van der Waals surface area (Å²) in [6, 6.07) is 8.75. The van der Waals surface area contributed by atoms with Crippen molar-refractivity contribution in [2.45, 2.75) is 6.54 Å². The van der Waals surface area contributed by atoms with Gasteiger partial charge in [-0.25, -0.2) is 0 Å². The van der Waals surface area contributed by atoms with E-state index in [-0.39, 0.29) is 5.75 Å². The maximum Gasteiger partial charge on any atom is 0.162 e. The van der Waals surface area contributed by atoms with Gasteiger partial charge in [0.1, 0.15) is 11.5 Å². The number of methoxy groups -OCH3 is 3. The number of para-hydroxylation sites is 1. The molecule has 0 fully saturated rings. The highest BCUT2D eigenvalue weighted by atomic mass is 35.5. The van der Waals surface area contributed by atoms with Crippen LogP contribution in [0.1, 0.15) is 5.56 Å². The average molecular weight is 324 g/mol. The summed E-state index contributed by atoms with van der Waals surface area (Å²) in [4.78, 5) is 0. The quantitative estimate of drug-likeness (QED) is 0.849. The predicted molar refractivity (Wildman–Crippen MR) is 86.5 cm³/mol. The molecule has 0 bridgehead atoms. The Bertz CT molecular complexity index is 661. The van der Waals surface area contributed by atoms with Crippen LogP contribution in [-0.4, -0.2) is 26.4 Å². The molecule has 2 rings (SSSR count). The van der Waals surface area contributed by atoms with Crippen molar-refractivity contribution in [3.63, 3.8) is 0 Å². The minimum absolute atomic E-state index is 0.109. The molecule has 2 N–H and O–H groups in total. The maximum absolute atomic E-state index is 10.1. The fourth-order valence-corrected chi connectivity index (χ4v) is 2.29. The first-order chi connectivity index (χ1) is 10.6. The van der Waals surface area contributed by atoms with Crippen molar-refractivity contribution < 1.29 is 19.3 Å². The van der Waals surface area contributed by atoms with Crippen molar-refractivity contribution in [3.05, 3.63) is 40.9 Å². The summed E-state index contributed by atoms with van der Waals surface area (Å²) in [6.07, 6.45) is 0. The molecule has 0 radical (unpaired) electrons. The number of benzene rings is 2. The van der Waals surface area contributed by atoms with Crippen molar-refractivity contribution in [2.75, 3.05) is 26.6 Å². The van der Waals surface area contributed by atoms with Gasteiger partial charge >= 0.3 is 0 Å². The van der Waals surface area contributed by atoms with E-state index in [0.29, 0.717) is 40.1 Å². The zero-order chi connectivity index (χ0) is 16.1. The summed E-state index contributed by atoms with van der Waals surface area (Å²) in [5, 5.41) is 13.8. The van der Waals surface area contributed by atoms with Gasteiger partial charge < -0.3 is 24.6 Å².